The van der Waals surface area contributed by atoms with Gasteiger partial charge in [-0.15, -0.1) is 11.3 Å². The van der Waals surface area contributed by atoms with Crippen LogP contribution in [0, 0.1) is 17.2 Å². The highest BCUT2D eigenvalue weighted by Crippen LogP contribution is 2.44. The molecule has 1 aliphatic carbocycles. The van der Waals surface area contributed by atoms with Crippen molar-refractivity contribution in [3.63, 3.8) is 0 Å². The summed E-state index contributed by atoms with van der Waals surface area (Å²) < 4.78 is 14.3. The van der Waals surface area contributed by atoms with Crippen LogP contribution in [-0.2, 0) is 4.79 Å². The Morgan fingerprint density at radius 1 is 1.24 bits per heavy atom. The average molecular weight is 483 g/mol. The van der Waals surface area contributed by atoms with Crippen molar-refractivity contribution in [2.24, 2.45) is 11.3 Å². The Labute approximate surface area is 201 Å². The van der Waals surface area contributed by atoms with E-state index in [0.717, 1.165) is 23.7 Å². The van der Waals surface area contributed by atoms with Crippen LogP contribution >= 0.6 is 11.3 Å². The minimum absolute atomic E-state index is 0.0288. The Morgan fingerprint density at radius 3 is 2.71 bits per heavy atom. The van der Waals surface area contributed by atoms with Gasteiger partial charge in [0.1, 0.15) is 5.82 Å². The summed E-state index contributed by atoms with van der Waals surface area (Å²) in [6.07, 6.45) is 4.54. The van der Waals surface area contributed by atoms with E-state index in [-0.39, 0.29) is 35.2 Å². The van der Waals surface area contributed by atoms with E-state index in [4.69, 9.17) is 0 Å². The van der Waals surface area contributed by atoms with Crippen molar-refractivity contribution in [1.82, 2.24) is 25.2 Å². The van der Waals surface area contributed by atoms with Gasteiger partial charge in [-0.2, -0.15) is 0 Å². The molecule has 0 bridgehead atoms. The molecule has 34 heavy (non-hydrogen) atoms. The van der Waals surface area contributed by atoms with Crippen LogP contribution in [0.25, 0.3) is 10.2 Å². The molecule has 1 saturated carbocycles. The predicted molar refractivity (Wildman–Crippen MR) is 128 cm³/mol. The Hall–Kier alpha value is -3.14. The van der Waals surface area contributed by atoms with E-state index in [9.17, 15) is 14.0 Å². The molecule has 2 aliphatic rings. The number of rotatable bonds is 6. The van der Waals surface area contributed by atoms with Gasteiger partial charge >= 0.3 is 0 Å². The lowest BCUT2D eigenvalue weighted by Gasteiger charge is -2.44. The number of carbonyl (C=O) groups excluding carboxylic acids is 2. The second-order valence-corrected chi connectivity index (χ2v) is 10.9. The first-order valence-electron chi connectivity index (χ1n) is 11.4. The normalized spacial score (nSPS) is 18.8. The van der Waals surface area contributed by atoms with Crippen LogP contribution in [-0.4, -0.2) is 50.8 Å². The van der Waals surface area contributed by atoms with Gasteiger partial charge in [0.15, 0.2) is 5.69 Å². The molecule has 2 N–H and O–H groups in total. The fraction of sp³-hybridized carbons (Fsp3) is 0.458. The van der Waals surface area contributed by atoms with Gasteiger partial charge in [0.05, 0.1) is 28.5 Å². The van der Waals surface area contributed by atoms with Crippen LogP contribution in [0.2, 0.25) is 0 Å². The van der Waals surface area contributed by atoms with Gasteiger partial charge in [0.25, 0.3) is 5.91 Å². The average Bonchev–Trinajstić information content (AvgIpc) is 3.21. The van der Waals surface area contributed by atoms with Crippen molar-refractivity contribution < 1.29 is 14.0 Å². The molecule has 0 aromatic carbocycles. The lowest BCUT2D eigenvalue weighted by Crippen LogP contribution is -2.62. The smallest absolute Gasteiger partial charge is 0.274 e. The van der Waals surface area contributed by atoms with Crippen LogP contribution in [0.3, 0.4) is 0 Å². The number of thiophene rings is 1. The molecule has 1 aliphatic heterocycles. The molecule has 1 saturated heterocycles. The Bertz CT molecular complexity index is 1250. The number of hydrogen-bond acceptors (Lipinski definition) is 7. The first-order valence-corrected chi connectivity index (χ1v) is 12.3. The standard InChI is InChI=1S/C24H27FN6O2S/c1-13(14-6-16(25)10-26-9-14)27-23-29-18-4-5-34-20(18)19(30-23)22(33)31-11-17(12-31)28-21(32)15-7-24(2,3)8-15/h4-6,9-10,13,15,17H,7-8,11-12H2,1-3H3,(H,28,32)(H,27,29,30)/t13-/m0/s1. The van der Waals surface area contributed by atoms with Gasteiger partial charge in [-0.05, 0) is 48.3 Å². The first-order chi connectivity index (χ1) is 16.2. The van der Waals surface area contributed by atoms with Gasteiger partial charge in [-0.1, -0.05) is 13.8 Å². The molecule has 10 heteroatoms. The molecular formula is C24H27FN6O2S. The summed E-state index contributed by atoms with van der Waals surface area (Å²) in [5, 5.41) is 8.10. The van der Waals surface area contributed by atoms with Crippen LogP contribution in [0.15, 0.2) is 29.9 Å². The largest absolute Gasteiger partial charge is 0.350 e. The van der Waals surface area contributed by atoms with E-state index < -0.39 is 5.82 Å². The number of halogens is 1. The SMILES string of the molecule is C[C@H](Nc1nc(C(=O)N2CC(NC(=O)C3CC(C)(C)C3)C2)c2sccc2n1)c1cncc(F)c1. The summed E-state index contributed by atoms with van der Waals surface area (Å²) in [4.78, 5) is 40.3. The third-order valence-corrected chi connectivity index (χ3v) is 7.47. The van der Waals surface area contributed by atoms with Crippen molar-refractivity contribution in [3.8, 4) is 0 Å². The van der Waals surface area contributed by atoms with Gasteiger partial charge in [0, 0.05) is 25.2 Å². The highest BCUT2D eigenvalue weighted by molar-refractivity contribution is 7.17. The van der Waals surface area contributed by atoms with E-state index >= 15 is 0 Å². The van der Waals surface area contributed by atoms with Crippen molar-refractivity contribution in [1.29, 1.82) is 0 Å². The molecule has 0 radical (unpaired) electrons. The summed E-state index contributed by atoms with van der Waals surface area (Å²) in [7, 11) is 0. The van der Waals surface area contributed by atoms with Crippen molar-refractivity contribution >= 4 is 39.3 Å². The molecule has 0 spiro atoms. The van der Waals surface area contributed by atoms with E-state index in [0.29, 0.717) is 35.8 Å². The molecule has 178 valence electrons. The molecule has 3 aromatic rings. The second kappa shape index (κ2) is 8.57. The Balaban J connectivity index is 1.26. The first kappa shape index (κ1) is 22.6. The monoisotopic (exact) mass is 482 g/mol. The third-order valence-electron chi connectivity index (χ3n) is 6.56. The minimum atomic E-state index is -0.420. The zero-order chi connectivity index (χ0) is 24.0. The molecular weight excluding hydrogens is 455 g/mol. The van der Waals surface area contributed by atoms with Crippen molar-refractivity contribution in [3.05, 3.63) is 47.0 Å². The quantitative estimate of drug-likeness (QED) is 0.555. The van der Waals surface area contributed by atoms with Crippen LogP contribution in [0.1, 0.15) is 55.7 Å². The highest BCUT2D eigenvalue weighted by Gasteiger charge is 2.42. The van der Waals surface area contributed by atoms with Gasteiger partial charge in [-0.3, -0.25) is 14.6 Å². The summed E-state index contributed by atoms with van der Waals surface area (Å²) in [6.45, 7) is 7.13. The lowest BCUT2D eigenvalue weighted by atomic mass is 9.64. The number of fused-ring (bicyclic) bond motifs is 1. The number of nitrogens with zero attached hydrogens (tertiary/aromatic N) is 4. The Kier molecular flexibility index (Phi) is 5.71. The molecule has 2 amide bonds. The molecule has 8 nitrogen and oxygen atoms in total. The summed E-state index contributed by atoms with van der Waals surface area (Å²) >= 11 is 1.42. The molecule has 4 heterocycles. The fourth-order valence-electron chi connectivity index (χ4n) is 4.68. The molecule has 0 unspecified atom stereocenters. The lowest BCUT2D eigenvalue weighted by molar-refractivity contribution is -0.133. The Morgan fingerprint density at radius 2 is 2.00 bits per heavy atom. The third kappa shape index (κ3) is 4.46. The maximum Gasteiger partial charge on any atom is 0.274 e. The number of aromatic nitrogens is 3. The van der Waals surface area contributed by atoms with Gasteiger partial charge in [-0.25, -0.2) is 14.4 Å². The number of hydrogen-bond donors (Lipinski definition) is 2. The van der Waals surface area contributed by atoms with Crippen LogP contribution < -0.4 is 10.6 Å². The maximum atomic E-state index is 13.6. The van der Waals surface area contributed by atoms with Gasteiger partial charge in [0.2, 0.25) is 11.9 Å². The van der Waals surface area contributed by atoms with Crippen LogP contribution in [0.5, 0.6) is 0 Å². The minimum Gasteiger partial charge on any atom is -0.350 e. The molecule has 1 atom stereocenters. The number of nitrogens with one attached hydrogen (secondary N) is 2. The molecule has 3 aromatic heterocycles. The van der Waals surface area contributed by atoms with E-state index in [1.807, 2.05) is 18.4 Å². The fourth-order valence-corrected chi connectivity index (χ4v) is 5.49. The van der Waals surface area contributed by atoms with Gasteiger partial charge < -0.3 is 15.5 Å². The van der Waals surface area contributed by atoms with Crippen LogP contribution in [0.4, 0.5) is 10.3 Å². The maximum absolute atomic E-state index is 13.6. The number of anilines is 1. The predicted octanol–water partition coefficient (Wildman–Crippen LogP) is 3.78. The molecule has 5 rings (SSSR count). The van der Waals surface area contributed by atoms with Crippen molar-refractivity contribution in [2.75, 3.05) is 18.4 Å². The topological polar surface area (TPSA) is 100 Å². The van der Waals surface area contributed by atoms with E-state index in [1.54, 1.807) is 11.1 Å². The number of carbonyl (C=O) groups is 2. The second-order valence-electron chi connectivity index (χ2n) is 10.0. The van der Waals surface area contributed by atoms with E-state index in [1.165, 1.54) is 17.4 Å². The highest BCUT2D eigenvalue weighted by atomic mass is 32.1. The zero-order valence-electron chi connectivity index (χ0n) is 19.3. The number of amides is 2. The summed E-state index contributed by atoms with van der Waals surface area (Å²) in [6, 6.07) is 2.91. The zero-order valence-corrected chi connectivity index (χ0v) is 20.2. The summed E-state index contributed by atoms with van der Waals surface area (Å²) in [5.74, 6) is -0.142. The van der Waals surface area contributed by atoms with Crippen molar-refractivity contribution in [2.45, 2.75) is 45.7 Å². The van der Waals surface area contributed by atoms with E-state index in [2.05, 4.69) is 39.4 Å². The molecule has 2 fully saturated rings. The number of likely N-dealkylation sites (tertiary alicyclic amines) is 1. The summed E-state index contributed by atoms with van der Waals surface area (Å²) in [5.41, 5.74) is 1.90. The number of pyridine rings is 1.